The largest absolute Gasteiger partial charge is 0.453 e. The molecule has 1 unspecified atom stereocenters. The number of carbonyl (C=O) groups excluding carboxylic acids is 2. The number of rotatable bonds is 7. The standard InChI is InChI=1S/C23H25N3O3/c1-26(2,3)16-22(27)25-24-18(14-13-17-9-5-4-6-10-17)15-21-19-11-7-8-12-20(19)23(28)29-21/h4-14,21H,15-16H2,1-3H3/p+1/b14-13+,24-18-. The summed E-state index contributed by atoms with van der Waals surface area (Å²) in [4.78, 5) is 24.3. The van der Waals surface area contributed by atoms with Crippen molar-refractivity contribution in [3.63, 3.8) is 0 Å². The Balaban J connectivity index is 1.79. The van der Waals surface area contributed by atoms with E-state index in [1.807, 2.05) is 81.8 Å². The molecule has 2 aromatic carbocycles. The van der Waals surface area contributed by atoms with E-state index in [0.717, 1.165) is 11.1 Å². The van der Waals surface area contributed by atoms with Crippen LogP contribution in [-0.2, 0) is 9.53 Å². The number of nitrogens with one attached hydrogen (secondary N) is 1. The summed E-state index contributed by atoms with van der Waals surface area (Å²) in [7, 11) is 5.82. The SMILES string of the molecule is C[N+](C)(C)CC(=O)N/N=C(/C=C/c1ccccc1)CC1OC(=O)c2ccccc21. The number of quaternary nitrogens is 1. The number of ether oxygens (including phenoxy) is 1. The van der Waals surface area contributed by atoms with Gasteiger partial charge in [-0.25, -0.2) is 10.2 Å². The van der Waals surface area contributed by atoms with E-state index in [1.165, 1.54) is 0 Å². The maximum Gasteiger partial charge on any atom is 0.339 e. The Bertz CT molecular complexity index is 943. The number of esters is 1. The van der Waals surface area contributed by atoms with Crippen molar-refractivity contribution in [2.45, 2.75) is 12.5 Å². The number of hydrogen-bond acceptors (Lipinski definition) is 4. The summed E-state index contributed by atoms with van der Waals surface area (Å²) in [5.41, 5.74) is 5.69. The van der Waals surface area contributed by atoms with Gasteiger partial charge in [-0.05, 0) is 17.7 Å². The van der Waals surface area contributed by atoms with Crippen molar-refractivity contribution in [3.05, 3.63) is 77.4 Å². The second-order valence-electron chi connectivity index (χ2n) is 8.02. The molecule has 1 amide bonds. The number of hydrazone groups is 1. The number of amides is 1. The molecule has 150 valence electrons. The molecule has 29 heavy (non-hydrogen) atoms. The highest BCUT2D eigenvalue weighted by molar-refractivity contribution is 6.01. The van der Waals surface area contributed by atoms with Gasteiger partial charge < -0.3 is 9.22 Å². The van der Waals surface area contributed by atoms with Crippen molar-refractivity contribution < 1.29 is 18.8 Å². The smallest absolute Gasteiger partial charge is 0.339 e. The summed E-state index contributed by atoms with van der Waals surface area (Å²) in [6.07, 6.45) is 3.72. The molecule has 1 heterocycles. The van der Waals surface area contributed by atoms with E-state index in [2.05, 4.69) is 10.5 Å². The van der Waals surface area contributed by atoms with Crippen LogP contribution in [0.3, 0.4) is 0 Å². The molecule has 0 aromatic heterocycles. The molecule has 0 aliphatic carbocycles. The molecule has 0 spiro atoms. The third-order valence-corrected chi connectivity index (χ3v) is 4.38. The van der Waals surface area contributed by atoms with Gasteiger partial charge in [-0.15, -0.1) is 0 Å². The fourth-order valence-corrected chi connectivity index (χ4v) is 3.07. The Hall–Kier alpha value is -3.25. The number of likely N-dealkylation sites (N-methyl/N-ethyl adjacent to an activating group) is 1. The van der Waals surface area contributed by atoms with Gasteiger partial charge in [0.1, 0.15) is 6.10 Å². The predicted octanol–water partition coefficient (Wildman–Crippen LogP) is 3.18. The van der Waals surface area contributed by atoms with Crippen molar-refractivity contribution in [1.29, 1.82) is 0 Å². The Labute approximate surface area is 171 Å². The van der Waals surface area contributed by atoms with Gasteiger partial charge in [0.2, 0.25) is 0 Å². The molecule has 0 radical (unpaired) electrons. The first-order valence-corrected chi connectivity index (χ1v) is 9.51. The van der Waals surface area contributed by atoms with Crippen LogP contribution in [0.1, 0.15) is 34.0 Å². The van der Waals surface area contributed by atoms with Crippen LogP contribution in [0, 0.1) is 0 Å². The third-order valence-electron chi connectivity index (χ3n) is 4.38. The lowest BCUT2D eigenvalue weighted by Crippen LogP contribution is -2.43. The summed E-state index contributed by atoms with van der Waals surface area (Å²) >= 11 is 0. The maximum atomic E-state index is 12.2. The van der Waals surface area contributed by atoms with Gasteiger partial charge in [-0.2, -0.15) is 5.10 Å². The molecule has 0 saturated heterocycles. The topological polar surface area (TPSA) is 67.8 Å². The molecule has 2 aromatic rings. The van der Waals surface area contributed by atoms with E-state index in [1.54, 1.807) is 6.07 Å². The van der Waals surface area contributed by atoms with Crippen molar-refractivity contribution in [2.24, 2.45) is 5.10 Å². The zero-order chi connectivity index (χ0) is 20.9. The number of nitrogens with zero attached hydrogens (tertiary/aromatic N) is 2. The van der Waals surface area contributed by atoms with Crippen molar-refractivity contribution in [3.8, 4) is 0 Å². The minimum atomic E-state index is -0.423. The molecular formula is C23H26N3O3+. The molecule has 0 saturated carbocycles. The number of cyclic esters (lactones) is 1. The highest BCUT2D eigenvalue weighted by Gasteiger charge is 2.31. The molecule has 0 bridgehead atoms. The van der Waals surface area contributed by atoms with Crippen molar-refractivity contribution in [1.82, 2.24) is 5.43 Å². The molecule has 1 N–H and O–H groups in total. The van der Waals surface area contributed by atoms with Gasteiger partial charge in [0.05, 0.1) is 32.4 Å². The Morgan fingerprint density at radius 2 is 1.79 bits per heavy atom. The zero-order valence-corrected chi connectivity index (χ0v) is 17.0. The lowest BCUT2D eigenvalue weighted by molar-refractivity contribution is -0.862. The van der Waals surface area contributed by atoms with Crippen LogP contribution in [0.5, 0.6) is 0 Å². The number of carbonyl (C=O) groups is 2. The summed E-state index contributed by atoms with van der Waals surface area (Å²) in [6, 6.07) is 17.2. The van der Waals surface area contributed by atoms with Gasteiger partial charge in [0.25, 0.3) is 5.91 Å². The lowest BCUT2D eigenvalue weighted by Gasteiger charge is -2.22. The van der Waals surface area contributed by atoms with Crippen LogP contribution in [0.4, 0.5) is 0 Å². The third kappa shape index (κ3) is 5.86. The van der Waals surface area contributed by atoms with Gasteiger partial charge in [0.15, 0.2) is 6.54 Å². The Kier molecular flexibility index (Phi) is 6.24. The van der Waals surface area contributed by atoms with Crippen LogP contribution in [0.25, 0.3) is 6.08 Å². The highest BCUT2D eigenvalue weighted by Crippen LogP contribution is 2.33. The first-order chi connectivity index (χ1) is 13.8. The van der Waals surface area contributed by atoms with Crippen LogP contribution in [0.15, 0.2) is 65.8 Å². The van der Waals surface area contributed by atoms with E-state index in [4.69, 9.17) is 4.74 Å². The van der Waals surface area contributed by atoms with Crippen molar-refractivity contribution in [2.75, 3.05) is 27.7 Å². The average molecular weight is 392 g/mol. The van der Waals surface area contributed by atoms with E-state index < -0.39 is 6.10 Å². The van der Waals surface area contributed by atoms with Gasteiger partial charge in [0, 0.05) is 12.0 Å². The molecule has 6 heteroatoms. The Morgan fingerprint density at radius 1 is 1.10 bits per heavy atom. The predicted molar refractivity (Wildman–Crippen MR) is 113 cm³/mol. The molecular weight excluding hydrogens is 366 g/mol. The summed E-state index contributed by atoms with van der Waals surface area (Å²) in [5.74, 6) is -0.502. The summed E-state index contributed by atoms with van der Waals surface area (Å²) < 4.78 is 6.04. The molecule has 1 aliphatic heterocycles. The molecule has 1 atom stereocenters. The summed E-state index contributed by atoms with van der Waals surface area (Å²) in [5, 5.41) is 4.31. The quantitative estimate of drug-likeness (QED) is 0.341. The normalized spacial score (nSPS) is 16.6. The average Bonchev–Trinajstić information content (AvgIpc) is 2.99. The van der Waals surface area contributed by atoms with E-state index in [9.17, 15) is 9.59 Å². The minimum Gasteiger partial charge on any atom is -0.453 e. The number of allylic oxidation sites excluding steroid dienone is 1. The van der Waals surface area contributed by atoms with Crippen LogP contribution in [0.2, 0.25) is 0 Å². The number of hydrogen-bond donors (Lipinski definition) is 1. The Morgan fingerprint density at radius 3 is 2.52 bits per heavy atom. The molecule has 3 rings (SSSR count). The second kappa shape index (κ2) is 8.84. The zero-order valence-electron chi connectivity index (χ0n) is 17.0. The molecule has 1 aliphatic rings. The van der Waals surface area contributed by atoms with E-state index in [-0.39, 0.29) is 11.9 Å². The first kappa shape index (κ1) is 20.5. The van der Waals surface area contributed by atoms with Gasteiger partial charge in [-0.3, -0.25) is 4.79 Å². The fourth-order valence-electron chi connectivity index (χ4n) is 3.07. The van der Waals surface area contributed by atoms with Crippen molar-refractivity contribution >= 4 is 23.7 Å². The highest BCUT2D eigenvalue weighted by atomic mass is 16.5. The minimum absolute atomic E-state index is 0.174. The van der Waals surface area contributed by atoms with E-state index >= 15 is 0 Å². The number of fused-ring (bicyclic) bond motifs is 1. The molecule has 6 nitrogen and oxygen atoms in total. The summed E-state index contributed by atoms with van der Waals surface area (Å²) in [6.45, 7) is 0.306. The second-order valence-corrected chi connectivity index (χ2v) is 8.02. The fraction of sp³-hybridized carbons (Fsp3) is 0.261. The number of benzene rings is 2. The van der Waals surface area contributed by atoms with Crippen LogP contribution >= 0.6 is 0 Å². The van der Waals surface area contributed by atoms with Crippen LogP contribution < -0.4 is 5.43 Å². The monoisotopic (exact) mass is 392 g/mol. The molecule has 0 fully saturated rings. The van der Waals surface area contributed by atoms with Gasteiger partial charge in [-0.1, -0.05) is 54.6 Å². The first-order valence-electron chi connectivity index (χ1n) is 9.51. The lowest BCUT2D eigenvalue weighted by atomic mass is 10.0. The van der Waals surface area contributed by atoms with Gasteiger partial charge >= 0.3 is 5.97 Å². The van der Waals surface area contributed by atoms with Crippen LogP contribution in [-0.4, -0.2) is 49.8 Å². The maximum absolute atomic E-state index is 12.2. The van der Waals surface area contributed by atoms with E-state index in [0.29, 0.717) is 28.7 Å².